The molecule has 0 heterocycles. The van der Waals surface area contributed by atoms with Gasteiger partial charge in [0.05, 0.1) is 0 Å². The lowest BCUT2D eigenvalue weighted by atomic mass is 10.6. The van der Waals surface area contributed by atoms with E-state index in [1.165, 1.54) is 0 Å². The van der Waals surface area contributed by atoms with Gasteiger partial charge in [0.25, 0.3) is 0 Å². The first-order valence-electron chi connectivity index (χ1n) is 2.66. The van der Waals surface area contributed by atoms with Gasteiger partial charge in [-0.1, -0.05) is 12.2 Å². The van der Waals surface area contributed by atoms with Crippen LogP contribution in [0.5, 0.6) is 0 Å². The quantitative estimate of drug-likeness (QED) is 0.281. The smallest absolute Gasteiger partial charge is 0.402 e. The number of nitrogens with two attached hydrogens (primary N) is 1. The number of allylic oxidation sites excluding steroid dienone is 2. The molecule has 0 aliphatic rings. The molecule has 0 rings (SSSR count). The van der Waals surface area contributed by atoms with Crippen molar-refractivity contribution in [2.24, 2.45) is 5.73 Å². The molecule has 5 nitrogen and oxygen atoms in total. The SMILES string of the molecule is CC=CC.N=C=O.NC(=O)O. The predicted octanol–water partition coefficient (Wildman–Crippen LogP) is 1.11. The van der Waals surface area contributed by atoms with Gasteiger partial charge in [0, 0.05) is 0 Å². The number of isocyanates is 1. The molecular formula is C6H12N2O3. The summed E-state index contributed by atoms with van der Waals surface area (Å²) in [7, 11) is 0. The summed E-state index contributed by atoms with van der Waals surface area (Å²) in [6, 6.07) is 0. The van der Waals surface area contributed by atoms with E-state index in [4.69, 9.17) is 20.1 Å². The second kappa shape index (κ2) is 23.8. The zero-order valence-electron chi connectivity index (χ0n) is 6.50. The molecule has 0 saturated carbocycles. The van der Waals surface area contributed by atoms with Crippen LogP contribution in [0.15, 0.2) is 12.2 Å². The van der Waals surface area contributed by atoms with Gasteiger partial charge in [-0.2, -0.15) is 0 Å². The van der Waals surface area contributed by atoms with E-state index in [1.807, 2.05) is 26.0 Å². The van der Waals surface area contributed by atoms with Crippen LogP contribution in [0.3, 0.4) is 0 Å². The number of carboxylic acid groups (broad SMARTS) is 1. The van der Waals surface area contributed by atoms with Gasteiger partial charge in [0.2, 0.25) is 6.08 Å². The van der Waals surface area contributed by atoms with E-state index in [1.54, 1.807) is 0 Å². The molecule has 5 heteroatoms. The Morgan fingerprint density at radius 1 is 1.55 bits per heavy atom. The third-order valence-corrected chi connectivity index (χ3v) is 0.333. The van der Waals surface area contributed by atoms with Crippen molar-refractivity contribution in [2.45, 2.75) is 13.8 Å². The van der Waals surface area contributed by atoms with E-state index in [9.17, 15) is 0 Å². The number of nitrogens with one attached hydrogen (secondary N) is 1. The molecule has 0 fully saturated rings. The van der Waals surface area contributed by atoms with Gasteiger partial charge < -0.3 is 10.8 Å². The van der Waals surface area contributed by atoms with Crippen molar-refractivity contribution in [1.82, 2.24) is 0 Å². The van der Waals surface area contributed by atoms with Gasteiger partial charge in [-0.15, -0.1) is 0 Å². The third kappa shape index (κ3) is 921. The maximum atomic E-state index is 8.78. The van der Waals surface area contributed by atoms with Crippen molar-refractivity contribution >= 4 is 12.2 Å². The van der Waals surface area contributed by atoms with Crippen LogP contribution >= 0.6 is 0 Å². The van der Waals surface area contributed by atoms with E-state index >= 15 is 0 Å². The highest BCUT2D eigenvalue weighted by molar-refractivity contribution is 5.61. The number of carbonyl (C=O) groups excluding carboxylic acids is 1. The summed E-state index contributed by atoms with van der Waals surface area (Å²) in [6.07, 6.45) is 3.42. The lowest BCUT2D eigenvalue weighted by Gasteiger charge is -1.61. The summed E-state index contributed by atoms with van der Waals surface area (Å²) in [6.45, 7) is 4.00. The molecule has 0 aromatic carbocycles. The molecular weight excluding hydrogens is 148 g/mol. The van der Waals surface area contributed by atoms with Gasteiger partial charge in [-0.3, -0.25) is 0 Å². The van der Waals surface area contributed by atoms with Crippen molar-refractivity contribution in [3.8, 4) is 0 Å². The maximum absolute atomic E-state index is 8.78. The van der Waals surface area contributed by atoms with Crippen molar-refractivity contribution in [3.05, 3.63) is 12.2 Å². The summed E-state index contributed by atoms with van der Waals surface area (Å²) in [5, 5.41) is 12.6. The van der Waals surface area contributed by atoms with Gasteiger partial charge >= 0.3 is 6.09 Å². The summed E-state index contributed by atoms with van der Waals surface area (Å²) in [5.74, 6) is 0. The fourth-order valence-electron chi connectivity index (χ4n) is 0. The molecule has 0 aliphatic heterocycles. The minimum atomic E-state index is -1.33. The number of hydrogen-bond acceptors (Lipinski definition) is 3. The lowest BCUT2D eigenvalue weighted by molar-refractivity contribution is 0.205. The summed E-state index contributed by atoms with van der Waals surface area (Å²) in [5.41, 5.74) is 4.03. The molecule has 0 atom stereocenters. The van der Waals surface area contributed by atoms with E-state index in [-0.39, 0.29) is 0 Å². The standard InChI is InChI=1S/C4H8.CH3NO2.CHNO/c1-3-4-2;2-1(3)4;2-1-3/h3-4H,1-2H3;2H2,(H,3,4);2H. The molecule has 0 aliphatic carbocycles. The molecule has 64 valence electrons. The summed E-state index contributed by atoms with van der Waals surface area (Å²) in [4.78, 5) is 17.1. The van der Waals surface area contributed by atoms with Crippen LogP contribution in [-0.4, -0.2) is 17.3 Å². The Kier molecular flexibility index (Phi) is 35.0. The van der Waals surface area contributed by atoms with E-state index < -0.39 is 6.09 Å². The Bertz CT molecular complexity index is 129. The van der Waals surface area contributed by atoms with Crippen LogP contribution in [0.4, 0.5) is 4.79 Å². The summed E-state index contributed by atoms with van der Waals surface area (Å²) >= 11 is 0. The molecule has 0 spiro atoms. The van der Waals surface area contributed by atoms with E-state index in [0.29, 0.717) is 0 Å². The normalized spacial score (nSPS) is 6.36. The Balaban J connectivity index is -0.0000000886. The van der Waals surface area contributed by atoms with Crippen LogP contribution < -0.4 is 5.73 Å². The van der Waals surface area contributed by atoms with Crippen LogP contribution in [0, 0.1) is 5.41 Å². The fourth-order valence-corrected chi connectivity index (χ4v) is 0. The number of carbonyl (C=O) groups is 1. The monoisotopic (exact) mass is 160 g/mol. The summed E-state index contributed by atoms with van der Waals surface area (Å²) < 4.78 is 0. The highest BCUT2D eigenvalue weighted by Crippen LogP contribution is 1.57. The third-order valence-electron chi connectivity index (χ3n) is 0.333. The van der Waals surface area contributed by atoms with Crippen molar-refractivity contribution in [2.75, 3.05) is 0 Å². The Labute approximate surface area is 65.0 Å². The first-order chi connectivity index (χ1) is 5.06. The number of amides is 1. The van der Waals surface area contributed by atoms with Crippen molar-refractivity contribution in [3.63, 3.8) is 0 Å². The first-order valence-corrected chi connectivity index (χ1v) is 2.66. The van der Waals surface area contributed by atoms with Crippen LogP contribution in [0.1, 0.15) is 13.8 Å². The fraction of sp³-hybridized carbons (Fsp3) is 0.333. The van der Waals surface area contributed by atoms with Gasteiger partial charge in [0.15, 0.2) is 0 Å². The molecule has 0 saturated heterocycles. The highest BCUT2D eigenvalue weighted by Gasteiger charge is 1.65. The molecule has 0 unspecified atom stereocenters. The van der Waals surface area contributed by atoms with E-state index in [0.717, 1.165) is 6.08 Å². The topological polar surface area (TPSA) is 104 Å². The molecule has 0 radical (unpaired) electrons. The van der Waals surface area contributed by atoms with Crippen LogP contribution in [-0.2, 0) is 4.79 Å². The lowest BCUT2D eigenvalue weighted by Crippen LogP contribution is -2.03. The second-order valence-corrected chi connectivity index (χ2v) is 1.11. The number of hydrogen-bond donors (Lipinski definition) is 3. The minimum Gasteiger partial charge on any atom is -0.465 e. The zero-order valence-corrected chi connectivity index (χ0v) is 6.50. The highest BCUT2D eigenvalue weighted by atomic mass is 16.4. The Morgan fingerprint density at radius 3 is 1.64 bits per heavy atom. The number of rotatable bonds is 0. The minimum absolute atomic E-state index is 0.750. The zero-order chi connectivity index (χ0) is 9.70. The first kappa shape index (κ1) is 16.2. The van der Waals surface area contributed by atoms with Gasteiger partial charge in [-0.25, -0.2) is 15.0 Å². The average molecular weight is 160 g/mol. The Morgan fingerprint density at radius 2 is 1.64 bits per heavy atom. The molecule has 4 N–H and O–H groups in total. The van der Waals surface area contributed by atoms with Crippen LogP contribution in [0.25, 0.3) is 0 Å². The molecule has 0 aromatic rings. The molecule has 1 amide bonds. The largest absolute Gasteiger partial charge is 0.465 e. The molecule has 0 bridgehead atoms. The van der Waals surface area contributed by atoms with Crippen LogP contribution in [0.2, 0.25) is 0 Å². The molecule has 11 heavy (non-hydrogen) atoms. The van der Waals surface area contributed by atoms with Gasteiger partial charge in [0.1, 0.15) is 0 Å². The second-order valence-electron chi connectivity index (χ2n) is 1.11. The number of primary amides is 1. The van der Waals surface area contributed by atoms with E-state index in [2.05, 4.69) is 5.73 Å². The Hall–Kier alpha value is -1.61. The van der Waals surface area contributed by atoms with Crippen molar-refractivity contribution < 1.29 is 14.7 Å². The predicted molar refractivity (Wildman–Crippen MR) is 41.1 cm³/mol. The van der Waals surface area contributed by atoms with Gasteiger partial charge in [-0.05, 0) is 13.8 Å². The maximum Gasteiger partial charge on any atom is 0.402 e. The molecule has 0 aromatic heterocycles. The average Bonchev–Trinajstić information content (AvgIpc) is 1.88. The van der Waals surface area contributed by atoms with Crippen molar-refractivity contribution in [1.29, 1.82) is 5.41 Å².